The lowest BCUT2D eigenvalue weighted by Crippen LogP contribution is -2.14. The van der Waals surface area contributed by atoms with E-state index in [0.29, 0.717) is 5.92 Å². The Morgan fingerprint density at radius 2 is 2.32 bits per heavy atom. The summed E-state index contributed by atoms with van der Waals surface area (Å²) in [6, 6.07) is 4.39. The van der Waals surface area contributed by atoms with Crippen LogP contribution in [0.25, 0.3) is 0 Å². The number of aryl methyl sites for hydroxylation is 1. The topological polar surface area (TPSA) is 36.7 Å². The van der Waals surface area contributed by atoms with Crippen LogP contribution in [0.3, 0.4) is 0 Å². The van der Waals surface area contributed by atoms with Crippen molar-refractivity contribution < 1.29 is 0 Å². The predicted molar refractivity (Wildman–Crippen MR) is 80.3 cm³/mol. The zero-order chi connectivity index (χ0) is 13.8. The minimum absolute atomic E-state index is 0.705. The van der Waals surface area contributed by atoms with Crippen LogP contribution in [-0.2, 0) is 12.8 Å². The zero-order valence-corrected chi connectivity index (χ0v) is 12.9. The Balaban J connectivity index is 2.17. The Kier molecular flexibility index (Phi) is 4.87. The van der Waals surface area contributed by atoms with Crippen molar-refractivity contribution in [2.75, 3.05) is 5.75 Å². The molecule has 1 aliphatic carbocycles. The van der Waals surface area contributed by atoms with Crippen molar-refractivity contribution in [1.82, 2.24) is 4.98 Å². The summed E-state index contributed by atoms with van der Waals surface area (Å²) in [5.74, 6) is 2.48. The Morgan fingerprint density at radius 3 is 3.00 bits per heavy atom. The van der Waals surface area contributed by atoms with Crippen molar-refractivity contribution in [2.24, 2.45) is 11.8 Å². The van der Waals surface area contributed by atoms with Gasteiger partial charge in [0.1, 0.15) is 11.1 Å². The Morgan fingerprint density at radius 1 is 1.53 bits per heavy atom. The monoisotopic (exact) mass is 274 g/mol. The van der Waals surface area contributed by atoms with Crippen LogP contribution in [0, 0.1) is 23.2 Å². The molecule has 0 bridgehead atoms. The maximum absolute atomic E-state index is 9.29. The van der Waals surface area contributed by atoms with Gasteiger partial charge in [-0.05, 0) is 54.9 Å². The molecule has 2 rings (SSSR count). The molecule has 1 heterocycles. The molecule has 1 aromatic heterocycles. The van der Waals surface area contributed by atoms with E-state index in [4.69, 9.17) is 4.98 Å². The molecule has 0 aliphatic heterocycles. The number of rotatable bonds is 4. The molecule has 102 valence electrons. The molecule has 19 heavy (non-hydrogen) atoms. The molecule has 0 N–H and O–H groups in total. The number of hydrogen-bond acceptors (Lipinski definition) is 3. The lowest BCUT2D eigenvalue weighted by atomic mass is 9.87. The fourth-order valence-electron chi connectivity index (χ4n) is 2.41. The van der Waals surface area contributed by atoms with Crippen LogP contribution in [0.1, 0.15) is 50.4 Å². The van der Waals surface area contributed by atoms with E-state index in [2.05, 4.69) is 32.9 Å². The van der Waals surface area contributed by atoms with Crippen molar-refractivity contribution in [3.05, 3.63) is 22.9 Å². The highest BCUT2D eigenvalue weighted by Crippen LogP contribution is 2.29. The highest BCUT2D eigenvalue weighted by Gasteiger charge is 2.19. The van der Waals surface area contributed by atoms with E-state index in [1.54, 1.807) is 11.8 Å². The summed E-state index contributed by atoms with van der Waals surface area (Å²) in [5, 5.41) is 10.2. The number of thioether (sulfide) groups is 1. The number of fused-ring (bicyclic) bond motifs is 1. The van der Waals surface area contributed by atoms with E-state index < -0.39 is 0 Å². The van der Waals surface area contributed by atoms with Gasteiger partial charge in [0.05, 0.1) is 5.56 Å². The molecule has 0 saturated heterocycles. The average molecular weight is 274 g/mol. The number of nitrogens with zero attached hydrogens (tertiary/aromatic N) is 2. The van der Waals surface area contributed by atoms with Gasteiger partial charge in [0, 0.05) is 5.69 Å². The number of nitriles is 1. The maximum Gasteiger partial charge on any atom is 0.114 e. The van der Waals surface area contributed by atoms with Crippen LogP contribution >= 0.6 is 11.8 Å². The molecule has 1 unspecified atom stereocenters. The molecule has 0 spiro atoms. The van der Waals surface area contributed by atoms with Gasteiger partial charge in [0.2, 0.25) is 0 Å². The summed E-state index contributed by atoms with van der Waals surface area (Å²) >= 11 is 1.74. The van der Waals surface area contributed by atoms with Gasteiger partial charge in [0.25, 0.3) is 0 Å². The van der Waals surface area contributed by atoms with Gasteiger partial charge < -0.3 is 0 Å². The SMILES string of the molecule is CC(C)CCSc1nc2c(cc1C#N)CC(C)CC2. The van der Waals surface area contributed by atoms with Gasteiger partial charge in [-0.2, -0.15) is 5.26 Å². The predicted octanol–water partition coefficient (Wildman–Crippen LogP) is 4.22. The minimum Gasteiger partial charge on any atom is -0.245 e. The first kappa shape index (κ1) is 14.4. The second kappa shape index (κ2) is 6.43. The highest BCUT2D eigenvalue weighted by molar-refractivity contribution is 7.99. The van der Waals surface area contributed by atoms with Gasteiger partial charge >= 0.3 is 0 Å². The Labute approximate surface area is 120 Å². The van der Waals surface area contributed by atoms with E-state index in [1.165, 1.54) is 24.1 Å². The number of aromatic nitrogens is 1. The van der Waals surface area contributed by atoms with Crippen LogP contribution in [0.5, 0.6) is 0 Å². The standard InChI is InChI=1S/C16H22N2S/c1-11(2)6-7-19-16-14(10-17)9-13-8-12(3)4-5-15(13)18-16/h9,11-12H,4-8H2,1-3H3. The van der Waals surface area contributed by atoms with Gasteiger partial charge in [0.15, 0.2) is 0 Å². The van der Waals surface area contributed by atoms with Crippen LogP contribution < -0.4 is 0 Å². The highest BCUT2D eigenvalue weighted by atomic mass is 32.2. The van der Waals surface area contributed by atoms with Crippen LogP contribution in [0.2, 0.25) is 0 Å². The minimum atomic E-state index is 0.705. The number of hydrogen-bond donors (Lipinski definition) is 0. The van der Waals surface area contributed by atoms with Crippen LogP contribution in [0.15, 0.2) is 11.1 Å². The lowest BCUT2D eigenvalue weighted by Gasteiger charge is -2.21. The molecule has 0 fully saturated rings. The van der Waals surface area contributed by atoms with Gasteiger partial charge in [-0.3, -0.25) is 0 Å². The smallest absolute Gasteiger partial charge is 0.114 e. The van der Waals surface area contributed by atoms with Crippen molar-refractivity contribution in [3.63, 3.8) is 0 Å². The third-order valence-electron chi connectivity index (χ3n) is 3.65. The first-order chi connectivity index (χ1) is 9.10. The van der Waals surface area contributed by atoms with Crippen LogP contribution in [-0.4, -0.2) is 10.7 Å². The largest absolute Gasteiger partial charge is 0.245 e. The summed E-state index contributed by atoms with van der Waals surface area (Å²) in [7, 11) is 0. The van der Waals surface area contributed by atoms with E-state index in [-0.39, 0.29) is 0 Å². The van der Waals surface area contributed by atoms with E-state index >= 15 is 0 Å². The molecular weight excluding hydrogens is 252 g/mol. The summed E-state index contributed by atoms with van der Waals surface area (Å²) < 4.78 is 0. The van der Waals surface area contributed by atoms with Gasteiger partial charge in [-0.15, -0.1) is 11.8 Å². The van der Waals surface area contributed by atoms with Crippen molar-refractivity contribution in [1.29, 1.82) is 5.26 Å². The molecule has 1 atom stereocenters. The maximum atomic E-state index is 9.29. The molecule has 0 amide bonds. The zero-order valence-electron chi connectivity index (χ0n) is 12.1. The summed E-state index contributed by atoms with van der Waals surface area (Å²) in [4.78, 5) is 4.76. The molecule has 0 saturated carbocycles. The van der Waals surface area contributed by atoms with Crippen molar-refractivity contribution in [3.8, 4) is 6.07 Å². The van der Waals surface area contributed by atoms with Crippen molar-refractivity contribution in [2.45, 2.75) is 51.5 Å². The van der Waals surface area contributed by atoms with Crippen LogP contribution in [0.4, 0.5) is 0 Å². The summed E-state index contributed by atoms with van der Waals surface area (Å²) in [5.41, 5.74) is 3.29. The molecule has 1 aliphatic rings. The molecular formula is C16H22N2S. The molecule has 0 aromatic carbocycles. The van der Waals surface area contributed by atoms with Crippen molar-refractivity contribution >= 4 is 11.8 Å². The van der Waals surface area contributed by atoms with E-state index in [9.17, 15) is 5.26 Å². The third-order valence-corrected chi connectivity index (χ3v) is 4.68. The average Bonchev–Trinajstić information content (AvgIpc) is 2.37. The summed E-state index contributed by atoms with van der Waals surface area (Å²) in [6.07, 6.45) is 4.54. The summed E-state index contributed by atoms with van der Waals surface area (Å²) in [6.45, 7) is 6.74. The first-order valence-corrected chi connectivity index (χ1v) is 8.14. The fourth-order valence-corrected chi connectivity index (χ4v) is 3.63. The molecule has 0 radical (unpaired) electrons. The second-order valence-corrected chi connectivity index (χ2v) is 7.02. The first-order valence-electron chi connectivity index (χ1n) is 7.15. The Hall–Kier alpha value is -1.01. The van der Waals surface area contributed by atoms with E-state index in [0.717, 1.165) is 35.1 Å². The molecule has 1 aromatic rings. The van der Waals surface area contributed by atoms with E-state index in [1.807, 2.05) is 0 Å². The fraction of sp³-hybridized carbons (Fsp3) is 0.625. The third kappa shape index (κ3) is 3.73. The number of pyridine rings is 1. The molecule has 3 heteroatoms. The van der Waals surface area contributed by atoms with Gasteiger partial charge in [-0.1, -0.05) is 20.8 Å². The molecule has 2 nitrogen and oxygen atoms in total. The quantitative estimate of drug-likeness (QED) is 0.771. The Bertz CT molecular complexity index is 488. The second-order valence-electron chi connectivity index (χ2n) is 5.94. The lowest BCUT2D eigenvalue weighted by molar-refractivity contribution is 0.491. The normalized spacial score (nSPS) is 18.2. The van der Waals surface area contributed by atoms with Gasteiger partial charge in [-0.25, -0.2) is 4.98 Å².